The van der Waals surface area contributed by atoms with Gasteiger partial charge in [-0.25, -0.2) is 0 Å². The molecule has 0 atom stereocenters. The normalized spacial score (nSPS) is 9.46. The van der Waals surface area contributed by atoms with Crippen molar-refractivity contribution in [1.82, 2.24) is 10.2 Å². The first-order chi connectivity index (χ1) is 6.36. The molecule has 0 saturated carbocycles. The molecule has 3 nitrogen and oxygen atoms in total. The molecule has 6 heteroatoms. The average molecular weight is 229 g/mol. The number of nitriles is 1. The van der Waals surface area contributed by atoms with Crippen LogP contribution in [0, 0.1) is 10.7 Å². The van der Waals surface area contributed by atoms with E-state index in [9.17, 15) is 0 Å². The Hall–Kier alpha value is -0.510. The van der Waals surface area contributed by atoms with Crippen LogP contribution in [0.4, 0.5) is 0 Å². The van der Waals surface area contributed by atoms with Crippen LogP contribution in [0.15, 0.2) is 17.0 Å². The van der Waals surface area contributed by atoms with Crippen molar-refractivity contribution in [3.63, 3.8) is 0 Å². The Morgan fingerprint density at radius 1 is 1.62 bits per heavy atom. The summed E-state index contributed by atoms with van der Waals surface area (Å²) >= 11 is 4.31. The van der Waals surface area contributed by atoms with Crippen molar-refractivity contribution < 1.29 is 0 Å². The lowest BCUT2D eigenvalue weighted by Gasteiger charge is -1.86. The van der Waals surface area contributed by atoms with Crippen molar-refractivity contribution in [2.24, 2.45) is 0 Å². The summed E-state index contributed by atoms with van der Waals surface area (Å²) in [7, 11) is 0. The van der Waals surface area contributed by atoms with Gasteiger partial charge >= 0.3 is 0 Å². The fourth-order valence-corrected chi connectivity index (χ4v) is 3.08. The minimum Gasteiger partial charge on any atom is -0.185 e. The van der Waals surface area contributed by atoms with E-state index in [2.05, 4.69) is 16.8 Å². The molecular weight excluding hydrogens is 222 g/mol. The minimum atomic E-state index is 0.708. The van der Waals surface area contributed by atoms with Gasteiger partial charge in [-0.2, -0.15) is 5.26 Å². The molecule has 0 bridgehead atoms. The molecule has 0 unspecified atom stereocenters. The standard InChI is InChI=1S/C7H7N3S3/c1-2-3-6-9-10-7(13-6)12-5-11-4-8/h2H,1,3,5H2. The van der Waals surface area contributed by atoms with Gasteiger partial charge < -0.3 is 0 Å². The molecule has 0 spiro atoms. The van der Waals surface area contributed by atoms with Crippen LogP contribution in [-0.4, -0.2) is 15.3 Å². The zero-order chi connectivity index (χ0) is 9.52. The summed E-state index contributed by atoms with van der Waals surface area (Å²) in [6, 6.07) is 0. The number of thioether (sulfide) groups is 2. The monoisotopic (exact) mass is 229 g/mol. The second-order valence-electron chi connectivity index (χ2n) is 1.95. The molecule has 0 aliphatic rings. The fraction of sp³-hybridized carbons (Fsp3) is 0.286. The summed E-state index contributed by atoms with van der Waals surface area (Å²) < 4.78 is 0.916. The smallest absolute Gasteiger partial charge is 0.175 e. The summed E-state index contributed by atoms with van der Waals surface area (Å²) in [6.07, 6.45) is 2.57. The lowest BCUT2D eigenvalue weighted by molar-refractivity contribution is 0.966. The number of allylic oxidation sites excluding steroid dienone is 1. The predicted octanol–water partition coefficient (Wildman–Crippen LogP) is 2.53. The lowest BCUT2D eigenvalue weighted by atomic mass is 10.5. The van der Waals surface area contributed by atoms with Gasteiger partial charge in [0.15, 0.2) is 4.34 Å². The van der Waals surface area contributed by atoms with E-state index in [1.807, 2.05) is 5.40 Å². The van der Waals surface area contributed by atoms with Crippen LogP contribution in [0.5, 0.6) is 0 Å². The molecule has 0 fully saturated rings. The summed E-state index contributed by atoms with van der Waals surface area (Å²) in [5.74, 6) is 0. The van der Waals surface area contributed by atoms with E-state index in [0.717, 1.165) is 15.8 Å². The highest BCUT2D eigenvalue weighted by molar-refractivity contribution is 8.18. The van der Waals surface area contributed by atoms with Crippen molar-refractivity contribution in [3.05, 3.63) is 17.7 Å². The zero-order valence-electron chi connectivity index (χ0n) is 6.77. The quantitative estimate of drug-likeness (QED) is 0.255. The fourth-order valence-electron chi connectivity index (χ4n) is 0.609. The van der Waals surface area contributed by atoms with Gasteiger partial charge in [0, 0.05) is 6.42 Å². The zero-order valence-corrected chi connectivity index (χ0v) is 9.21. The van der Waals surface area contributed by atoms with Gasteiger partial charge in [-0.1, -0.05) is 29.2 Å². The third kappa shape index (κ3) is 3.81. The number of hydrogen-bond donors (Lipinski definition) is 0. The molecule has 0 saturated heterocycles. The van der Waals surface area contributed by atoms with Crippen molar-refractivity contribution in [2.75, 3.05) is 5.08 Å². The van der Waals surface area contributed by atoms with Crippen molar-refractivity contribution in [2.45, 2.75) is 10.8 Å². The Balaban J connectivity index is 2.40. The maximum absolute atomic E-state index is 8.29. The molecule has 1 rings (SSSR count). The molecule has 0 aliphatic heterocycles. The number of rotatable bonds is 5. The molecule has 0 radical (unpaired) electrons. The van der Waals surface area contributed by atoms with Crippen LogP contribution in [0.3, 0.4) is 0 Å². The van der Waals surface area contributed by atoms with Crippen molar-refractivity contribution in [1.29, 1.82) is 5.26 Å². The second-order valence-corrected chi connectivity index (χ2v) is 5.36. The second kappa shape index (κ2) is 6.02. The first kappa shape index (κ1) is 10.6. The average Bonchev–Trinajstić information content (AvgIpc) is 2.54. The molecule has 1 aromatic heterocycles. The van der Waals surface area contributed by atoms with Gasteiger partial charge in [0.1, 0.15) is 10.4 Å². The molecule has 0 amide bonds. The van der Waals surface area contributed by atoms with Crippen molar-refractivity contribution in [3.8, 4) is 5.40 Å². The Morgan fingerprint density at radius 2 is 2.46 bits per heavy atom. The number of hydrogen-bond acceptors (Lipinski definition) is 6. The number of thiocyanates is 1. The summed E-state index contributed by atoms with van der Waals surface area (Å²) in [5.41, 5.74) is 0. The molecule has 0 N–H and O–H groups in total. The Labute approximate surface area is 89.3 Å². The van der Waals surface area contributed by atoms with Crippen LogP contribution in [-0.2, 0) is 6.42 Å². The van der Waals surface area contributed by atoms with Gasteiger partial charge in [-0.3, -0.25) is 0 Å². The summed E-state index contributed by atoms with van der Waals surface area (Å²) in [5, 5.41) is 19.9. The lowest BCUT2D eigenvalue weighted by Crippen LogP contribution is -1.76. The SMILES string of the molecule is C=CCc1nnc(SCSC#N)s1. The Kier molecular flexibility index (Phi) is 4.90. The van der Waals surface area contributed by atoms with Crippen LogP contribution >= 0.6 is 34.9 Å². The molecule has 1 aromatic rings. The maximum Gasteiger partial charge on any atom is 0.175 e. The molecule has 68 valence electrons. The van der Waals surface area contributed by atoms with Crippen LogP contribution in [0.1, 0.15) is 5.01 Å². The molecule has 0 aromatic carbocycles. The molecule has 0 aliphatic carbocycles. The van der Waals surface area contributed by atoms with Gasteiger partial charge in [-0.05, 0) is 11.8 Å². The van der Waals surface area contributed by atoms with E-state index in [0.29, 0.717) is 5.08 Å². The van der Waals surface area contributed by atoms with E-state index in [-0.39, 0.29) is 0 Å². The largest absolute Gasteiger partial charge is 0.185 e. The maximum atomic E-state index is 8.29. The van der Waals surface area contributed by atoms with E-state index < -0.39 is 0 Å². The van der Waals surface area contributed by atoms with Gasteiger partial charge in [0.25, 0.3) is 0 Å². The highest BCUT2D eigenvalue weighted by Crippen LogP contribution is 2.25. The van der Waals surface area contributed by atoms with Gasteiger partial charge in [0.2, 0.25) is 0 Å². The minimum absolute atomic E-state index is 0.708. The van der Waals surface area contributed by atoms with Crippen LogP contribution < -0.4 is 0 Å². The number of nitrogens with zero attached hydrogens (tertiary/aromatic N) is 3. The van der Waals surface area contributed by atoms with Crippen molar-refractivity contribution >= 4 is 34.9 Å². The van der Waals surface area contributed by atoms with E-state index in [4.69, 9.17) is 5.26 Å². The molecule has 1 heterocycles. The van der Waals surface area contributed by atoms with Gasteiger partial charge in [-0.15, -0.1) is 16.8 Å². The third-order valence-corrected chi connectivity index (χ3v) is 3.82. The van der Waals surface area contributed by atoms with E-state index in [1.165, 1.54) is 11.8 Å². The predicted molar refractivity (Wildman–Crippen MR) is 57.7 cm³/mol. The first-order valence-corrected chi connectivity index (χ1v) is 6.22. The van der Waals surface area contributed by atoms with E-state index >= 15 is 0 Å². The topological polar surface area (TPSA) is 49.6 Å². The molecule has 13 heavy (non-hydrogen) atoms. The molecular formula is C7H7N3S3. The summed E-state index contributed by atoms with van der Waals surface area (Å²) in [6.45, 7) is 3.63. The van der Waals surface area contributed by atoms with Crippen LogP contribution in [0.2, 0.25) is 0 Å². The highest BCUT2D eigenvalue weighted by atomic mass is 32.2. The van der Waals surface area contributed by atoms with E-state index in [1.54, 1.807) is 29.2 Å². The highest BCUT2D eigenvalue weighted by Gasteiger charge is 2.02. The third-order valence-electron chi connectivity index (χ3n) is 1.07. The van der Waals surface area contributed by atoms with Gasteiger partial charge in [0.05, 0.1) is 5.08 Å². The summed E-state index contributed by atoms with van der Waals surface area (Å²) in [4.78, 5) is 0. The Morgan fingerprint density at radius 3 is 3.15 bits per heavy atom. The Bertz CT molecular complexity index is 315. The van der Waals surface area contributed by atoms with Crippen LogP contribution in [0.25, 0.3) is 0 Å². The number of aromatic nitrogens is 2. The first-order valence-electron chi connectivity index (χ1n) is 3.43.